The number of aromatic nitrogens is 2. The van der Waals surface area contributed by atoms with Gasteiger partial charge in [-0.15, -0.1) is 6.42 Å². The number of hydrogen-bond acceptors (Lipinski definition) is 5. The quantitative estimate of drug-likeness (QED) is 0.816. The van der Waals surface area contributed by atoms with Crippen LogP contribution < -0.4 is 10.2 Å². The lowest BCUT2D eigenvalue weighted by Crippen LogP contribution is -2.54. The average molecular weight is 308 g/mol. The highest BCUT2D eigenvalue weighted by Gasteiger charge is 2.26. The van der Waals surface area contributed by atoms with Crippen molar-refractivity contribution >= 4 is 23.5 Å². The van der Waals surface area contributed by atoms with Gasteiger partial charge in [-0.05, 0) is 6.92 Å². The van der Waals surface area contributed by atoms with Crippen LogP contribution in [-0.2, 0) is 4.79 Å². The summed E-state index contributed by atoms with van der Waals surface area (Å²) in [5, 5.41) is 3.23. The second-order valence-electron chi connectivity index (χ2n) is 4.82. The summed E-state index contributed by atoms with van der Waals surface area (Å²) in [5.74, 6) is 3.04. The van der Waals surface area contributed by atoms with Crippen molar-refractivity contribution in [2.45, 2.75) is 13.0 Å². The summed E-state index contributed by atoms with van der Waals surface area (Å²) in [6.45, 7) is 5.25. The summed E-state index contributed by atoms with van der Waals surface area (Å²) in [6.07, 6.45) is 8.32. The van der Waals surface area contributed by atoms with Gasteiger partial charge in [0.25, 0.3) is 0 Å². The number of carbonyl (C=O) groups excluding carboxylic acids is 1. The Kier molecular flexibility index (Phi) is 5.37. The Balaban J connectivity index is 1.86. The minimum absolute atomic E-state index is 0.0378. The first-order valence-electron chi connectivity index (χ1n) is 6.79. The molecule has 0 radical (unpaired) electrons. The standard InChI is InChI=1S/C14H18ClN5O/c1-3-4-16-13(21)11(2)19-5-7-20(8-6-19)14-17-9-12(15)10-18-14/h1,9-11H,4-8H2,2H3,(H,16,21)/t11-/m1/s1. The molecule has 1 N–H and O–H groups in total. The van der Waals surface area contributed by atoms with Crippen LogP contribution >= 0.6 is 11.6 Å². The van der Waals surface area contributed by atoms with Gasteiger partial charge in [0.2, 0.25) is 11.9 Å². The molecule has 1 aliphatic heterocycles. The summed E-state index contributed by atoms with van der Waals surface area (Å²) in [7, 11) is 0. The Hall–Kier alpha value is -1.84. The summed E-state index contributed by atoms with van der Waals surface area (Å²) in [4.78, 5) is 24.5. The van der Waals surface area contributed by atoms with Crippen molar-refractivity contribution < 1.29 is 4.79 Å². The fourth-order valence-electron chi connectivity index (χ4n) is 2.23. The van der Waals surface area contributed by atoms with Gasteiger partial charge < -0.3 is 10.2 Å². The monoisotopic (exact) mass is 307 g/mol. The fraction of sp³-hybridized carbons (Fsp3) is 0.500. The Bertz CT molecular complexity index is 519. The van der Waals surface area contributed by atoms with Crippen LogP contribution in [0.5, 0.6) is 0 Å². The number of halogens is 1. The molecule has 0 spiro atoms. The van der Waals surface area contributed by atoms with Crippen LogP contribution in [-0.4, -0.2) is 59.5 Å². The van der Waals surface area contributed by atoms with E-state index in [1.165, 1.54) is 0 Å². The maximum absolute atomic E-state index is 11.9. The van der Waals surface area contributed by atoms with E-state index in [-0.39, 0.29) is 18.5 Å². The molecular weight excluding hydrogens is 290 g/mol. The fourth-order valence-corrected chi connectivity index (χ4v) is 2.33. The first kappa shape index (κ1) is 15.5. The van der Waals surface area contributed by atoms with E-state index in [0.29, 0.717) is 11.0 Å². The molecule has 7 heteroatoms. The number of nitrogens with one attached hydrogen (secondary N) is 1. The van der Waals surface area contributed by atoms with Crippen molar-refractivity contribution in [3.63, 3.8) is 0 Å². The topological polar surface area (TPSA) is 61.4 Å². The van der Waals surface area contributed by atoms with Crippen LogP contribution in [0.1, 0.15) is 6.92 Å². The average Bonchev–Trinajstić information content (AvgIpc) is 2.53. The van der Waals surface area contributed by atoms with E-state index < -0.39 is 0 Å². The van der Waals surface area contributed by atoms with Gasteiger partial charge in [-0.3, -0.25) is 9.69 Å². The zero-order chi connectivity index (χ0) is 15.2. The molecule has 1 aromatic heterocycles. The number of anilines is 1. The number of amides is 1. The number of nitrogens with zero attached hydrogens (tertiary/aromatic N) is 4. The van der Waals surface area contributed by atoms with Crippen LogP contribution in [0.4, 0.5) is 5.95 Å². The Morgan fingerprint density at radius 1 is 1.43 bits per heavy atom. The van der Waals surface area contributed by atoms with Gasteiger partial charge in [0.1, 0.15) is 0 Å². The van der Waals surface area contributed by atoms with Crippen molar-refractivity contribution in [2.24, 2.45) is 0 Å². The third kappa shape index (κ3) is 4.06. The molecule has 1 amide bonds. The van der Waals surface area contributed by atoms with Crippen molar-refractivity contribution in [1.29, 1.82) is 0 Å². The van der Waals surface area contributed by atoms with Crippen LogP contribution in [0.25, 0.3) is 0 Å². The van der Waals surface area contributed by atoms with Crippen molar-refractivity contribution in [3.8, 4) is 12.3 Å². The molecule has 0 saturated carbocycles. The van der Waals surface area contributed by atoms with E-state index >= 15 is 0 Å². The Labute approximate surface area is 129 Å². The zero-order valence-corrected chi connectivity index (χ0v) is 12.7. The van der Waals surface area contributed by atoms with E-state index in [9.17, 15) is 4.79 Å². The third-order valence-corrected chi connectivity index (χ3v) is 3.69. The van der Waals surface area contributed by atoms with Gasteiger partial charge in [0, 0.05) is 26.2 Å². The molecule has 1 aromatic rings. The summed E-state index contributed by atoms with van der Waals surface area (Å²) < 4.78 is 0. The van der Waals surface area contributed by atoms with Crippen LogP contribution in [0, 0.1) is 12.3 Å². The molecule has 1 aliphatic rings. The van der Waals surface area contributed by atoms with E-state index in [1.807, 2.05) is 6.92 Å². The van der Waals surface area contributed by atoms with Crippen LogP contribution in [0.3, 0.4) is 0 Å². The minimum atomic E-state index is -0.188. The smallest absolute Gasteiger partial charge is 0.237 e. The third-order valence-electron chi connectivity index (χ3n) is 3.50. The molecule has 0 aliphatic carbocycles. The lowest BCUT2D eigenvalue weighted by atomic mass is 10.2. The molecule has 1 atom stereocenters. The van der Waals surface area contributed by atoms with Gasteiger partial charge in [-0.25, -0.2) is 9.97 Å². The molecule has 2 heterocycles. The summed E-state index contributed by atoms with van der Waals surface area (Å²) in [6, 6.07) is -0.188. The van der Waals surface area contributed by atoms with Gasteiger partial charge in [0.05, 0.1) is 30.0 Å². The van der Waals surface area contributed by atoms with E-state index in [4.69, 9.17) is 18.0 Å². The Morgan fingerprint density at radius 2 is 2.05 bits per heavy atom. The van der Waals surface area contributed by atoms with E-state index in [2.05, 4.69) is 31.0 Å². The van der Waals surface area contributed by atoms with Gasteiger partial charge in [0.15, 0.2) is 0 Å². The predicted octanol–water partition coefficient (Wildman–Crippen LogP) is 0.390. The lowest BCUT2D eigenvalue weighted by molar-refractivity contribution is -0.125. The van der Waals surface area contributed by atoms with Crippen molar-refractivity contribution in [3.05, 3.63) is 17.4 Å². The second-order valence-corrected chi connectivity index (χ2v) is 5.26. The van der Waals surface area contributed by atoms with Gasteiger partial charge in [-0.1, -0.05) is 17.5 Å². The first-order valence-corrected chi connectivity index (χ1v) is 7.17. The Morgan fingerprint density at radius 3 is 2.62 bits per heavy atom. The molecule has 112 valence electrons. The number of carbonyl (C=O) groups is 1. The summed E-state index contributed by atoms with van der Waals surface area (Å²) >= 11 is 5.78. The molecule has 6 nitrogen and oxygen atoms in total. The molecule has 0 aromatic carbocycles. The number of terminal acetylenes is 1. The van der Waals surface area contributed by atoms with Gasteiger partial charge in [-0.2, -0.15) is 0 Å². The summed E-state index contributed by atoms with van der Waals surface area (Å²) in [5.41, 5.74) is 0. The highest BCUT2D eigenvalue weighted by atomic mass is 35.5. The normalized spacial score (nSPS) is 17.1. The van der Waals surface area contributed by atoms with E-state index in [0.717, 1.165) is 26.2 Å². The highest BCUT2D eigenvalue weighted by Crippen LogP contribution is 2.14. The van der Waals surface area contributed by atoms with Crippen molar-refractivity contribution in [1.82, 2.24) is 20.2 Å². The van der Waals surface area contributed by atoms with Crippen LogP contribution in [0.2, 0.25) is 5.02 Å². The molecule has 1 fully saturated rings. The van der Waals surface area contributed by atoms with Crippen LogP contribution in [0.15, 0.2) is 12.4 Å². The number of rotatable bonds is 4. The zero-order valence-electron chi connectivity index (χ0n) is 11.9. The van der Waals surface area contributed by atoms with Crippen molar-refractivity contribution in [2.75, 3.05) is 37.6 Å². The van der Waals surface area contributed by atoms with Gasteiger partial charge >= 0.3 is 0 Å². The molecule has 1 saturated heterocycles. The number of piperazine rings is 1. The SMILES string of the molecule is C#CCNC(=O)[C@@H](C)N1CCN(c2ncc(Cl)cn2)CC1. The lowest BCUT2D eigenvalue weighted by Gasteiger charge is -2.37. The minimum Gasteiger partial charge on any atom is -0.344 e. The maximum atomic E-state index is 11.9. The first-order chi connectivity index (χ1) is 10.1. The number of hydrogen-bond donors (Lipinski definition) is 1. The molecule has 0 unspecified atom stereocenters. The highest BCUT2D eigenvalue weighted by molar-refractivity contribution is 6.30. The molecular formula is C14H18ClN5O. The second kappa shape index (κ2) is 7.25. The predicted molar refractivity (Wildman–Crippen MR) is 82.1 cm³/mol. The van der Waals surface area contributed by atoms with E-state index in [1.54, 1.807) is 12.4 Å². The maximum Gasteiger partial charge on any atom is 0.237 e. The molecule has 2 rings (SSSR count). The molecule has 21 heavy (non-hydrogen) atoms. The molecule has 0 bridgehead atoms. The largest absolute Gasteiger partial charge is 0.344 e.